The molecule has 0 aliphatic heterocycles. The Morgan fingerprint density at radius 2 is 1.95 bits per heavy atom. The summed E-state index contributed by atoms with van der Waals surface area (Å²) in [6.45, 7) is 3.79. The molecule has 0 saturated heterocycles. The third-order valence-electron chi connectivity index (χ3n) is 3.57. The molecule has 4 nitrogen and oxygen atoms in total. The van der Waals surface area contributed by atoms with Gasteiger partial charge in [0.25, 0.3) is 0 Å². The molecule has 0 bridgehead atoms. The monoisotopic (exact) mass is 296 g/mol. The zero-order valence-electron chi connectivity index (χ0n) is 12.1. The van der Waals surface area contributed by atoms with Gasteiger partial charge in [0, 0.05) is 5.69 Å². The maximum Gasteiger partial charge on any atom is 0.232 e. The molecule has 1 aromatic rings. The molecule has 0 spiro atoms. The van der Waals surface area contributed by atoms with E-state index in [0.717, 1.165) is 32.4 Å². The van der Waals surface area contributed by atoms with Gasteiger partial charge in [-0.25, -0.2) is 8.42 Å². The van der Waals surface area contributed by atoms with E-state index >= 15 is 0 Å². The minimum atomic E-state index is -3.23. The molecule has 0 heterocycles. The Morgan fingerprint density at radius 1 is 1.15 bits per heavy atom. The predicted molar refractivity (Wildman–Crippen MR) is 83.7 cm³/mol. The average molecular weight is 296 g/mol. The van der Waals surface area contributed by atoms with Crippen molar-refractivity contribution in [3.63, 3.8) is 0 Å². The second-order valence-electron chi connectivity index (χ2n) is 5.36. The summed E-state index contributed by atoms with van der Waals surface area (Å²) < 4.78 is 26.7. The summed E-state index contributed by atoms with van der Waals surface area (Å²) in [5.41, 5.74) is 3.35. The number of benzene rings is 1. The van der Waals surface area contributed by atoms with Crippen LogP contribution in [0.15, 0.2) is 18.2 Å². The topological polar surface area (TPSA) is 58.2 Å². The van der Waals surface area contributed by atoms with Crippen LogP contribution in [-0.2, 0) is 22.9 Å². The van der Waals surface area contributed by atoms with Crippen molar-refractivity contribution in [3.8, 4) is 0 Å². The van der Waals surface area contributed by atoms with Gasteiger partial charge in [-0.2, -0.15) is 0 Å². The first-order chi connectivity index (χ1) is 9.61. The molecule has 0 unspecified atom stereocenters. The van der Waals surface area contributed by atoms with Crippen LogP contribution in [0.4, 0.5) is 5.69 Å². The molecule has 20 heavy (non-hydrogen) atoms. The van der Waals surface area contributed by atoms with Crippen LogP contribution in [0.1, 0.15) is 37.3 Å². The molecular formula is C15H24N2O2S. The summed E-state index contributed by atoms with van der Waals surface area (Å²) in [5.74, 6) is 0.167. The molecule has 5 heteroatoms. The first-order valence-electron chi connectivity index (χ1n) is 7.44. The van der Waals surface area contributed by atoms with E-state index in [4.69, 9.17) is 0 Å². The maximum absolute atomic E-state index is 12.0. The van der Waals surface area contributed by atoms with E-state index < -0.39 is 10.0 Å². The molecular weight excluding hydrogens is 272 g/mol. The number of hydrogen-bond acceptors (Lipinski definition) is 3. The zero-order valence-corrected chi connectivity index (χ0v) is 12.9. The summed E-state index contributed by atoms with van der Waals surface area (Å²) in [6, 6.07) is 5.90. The highest BCUT2D eigenvalue weighted by Crippen LogP contribution is 2.25. The number of sulfonamides is 1. The van der Waals surface area contributed by atoms with Crippen LogP contribution in [0.5, 0.6) is 0 Å². The van der Waals surface area contributed by atoms with Crippen LogP contribution >= 0.6 is 0 Å². The van der Waals surface area contributed by atoms with E-state index in [1.807, 2.05) is 18.2 Å². The number of anilines is 1. The molecule has 0 atom stereocenters. The second kappa shape index (κ2) is 7.09. The highest BCUT2D eigenvalue weighted by Gasteiger charge is 2.14. The summed E-state index contributed by atoms with van der Waals surface area (Å²) in [6.07, 6.45) is 5.06. The van der Waals surface area contributed by atoms with Gasteiger partial charge in [-0.05, 0) is 68.5 Å². The number of aryl methyl sites for hydroxylation is 2. The van der Waals surface area contributed by atoms with Crippen molar-refractivity contribution in [1.29, 1.82) is 0 Å². The van der Waals surface area contributed by atoms with Crippen LogP contribution in [0.25, 0.3) is 0 Å². The Kier molecular flexibility index (Phi) is 5.43. The van der Waals surface area contributed by atoms with Crippen molar-refractivity contribution >= 4 is 15.7 Å². The predicted octanol–water partition coefficient (Wildman–Crippen LogP) is 2.31. The van der Waals surface area contributed by atoms with Gasteiger partial charge >= 0.3 is 0 Å². The minimum Gasteiger partial charge on any atom is -0.317 e. The first kappa shape index (κ1) is 15.3. The molecule has 0 saturated carbocycles. The lowest BCUT2D eigenvalue weighted by Gasteiger charge is -2.10. The van der Waals surface area contributed by atoms with Crippen LogP contribution < -0.4 is 10.0 Å². The van der Waals surface area contributed by atoms with Crippen LogP contribution in [-0.4, -0.2) is 27.3 Å². The van der Waals surface area contributed by atoms with Gasteiger partial charge in [-0.3, -0.25) is 4.72 Å². The third kappa shape index (κ3) is 4.49. The SMILES string of the molecule is CCCNCCCS(=O)(=O)Nc1ccc2c(c1)CCC2. The Labute approximate surface area is 122 Å². The van der Waals surface area contributed by atoms with Gasteiger partial charge in [0.15, 0.2) is 0 Å². The maximum atomic E-state index is 12.0. The van der Waals surface area contributed by atoms with Gasteiger partial charge in [-0.1, -0.05) is 13.0 Å². The lowest BCUT2D eigenvalue weighted by molar-refractivity contribution is 0.593. The summed E-state index contributed by atoms with van der Waals surface area (Å²) in [5, 5.41) is 3.21. The van der Waals surface area contributed by atoms with Gasteiger partial charge in [0.2, 0.25) is 10.0 Å². The van der Waals surface area contributed by atoms with Crippen LogP contribution in [0, 0.1) is 0 Å². The van der Waals surface area contributed by atoms with Crippen molar-refractivity contribution in [2.45, 2.75) is 39.0 Å². The fourth-order valence-electron chi connectivity index (χ4n) is 2.55. The van der Waals surface area contributed by atoms with E-state index in [1.54, 1.807) is 0 Å². The average Bonchev–Trinajstić information content (AvgIpc) is 2.85. The molecule has 0 radical (unpaired) electrons. The quantitative estimate of drug-likeness (QED) is 0.724. The first-order valence-corrected chi connectivity index (χ1v) is 9.09. The molecule has 0 amide bonds. The smallest absolute Gasteiger partial charge is 0.232 e. The molecule has 0 aromatic heterocycles. The van der Waals surface area contributed by atoms with E-state index in [2.05, 4.69) is 17.0 Å². The molecule has 2 rings (SSSR count). The highest BCUT2D eigenvalue weighted by molar-refractivity contribution is 7.92. The number of fused-ring (bicyclic) bond motifs is 1. The van der Waals surface area contributed by atoms with Crippen LogP contribution in [0.3, 0.4) is 0 Å². The summed E-state index contributed by atoms with van der Waals surface area (Å²) in [4.78, 5) is 0. The summed E-state index contributed by atoms with van der Waals surface area (Å²) >= 11 is 0. The lowest BCUT2D eigenvalue weighted by Crippen LogP contribution is -2.22. The minimum absolute atomic E-state index is 0.167. The third-order valence-corrected chi connectivity index (χ3v) is 4.94. The molecule has 1 aromatic carbocycles. The van der Waals surface area contributed by atoms with E-state index in [1.165, 1.54) is 17.5 Å². The van der Waals surface area contributed by atoms with Crippen molar-refractivity contribution in [2.75, 3.05) is 23.6 Å². The molecule has 112 valence electrons. The van der Waals surface area contributed by atoms with Crippen molar-refractivity contribution in [1.82, 2.24) is 5.32 Å². The van der Waals surface area contributed by atoms with Crippen molar-refractivity contribution < 1.29 is 8.42 Å². The largest absolute Gasteiger partial charge is 0.317 e. The Hall–Kier alpha value is -1.07. The van der Waals surface area contributed by atoms with E-state index in [-0.39, 0.29) is 5.75 Å². The fraction of sp³-hybridized carbons (Fsp3) is 0.600. The fourth-order valence-corrected chi connectivity index (χ4v) is 3.67. The molecule has 1 aliphatic rings. The number of nitrogens with one attached hydrogen (secondary N) is 2. The molecule has 2 N–H and O–H groups in total. The zero-order chi connectivity index (χ0) is 14.4. The molecule has 1 aliphatic carbocycles. The Bertz CT molecular complexity index is 541. The van der Waals surface area contributed by atoms with Crippen molar-refractivity contribution in [2.24, 2.45) is 0 Å². The summed E-state index contributed by atoms with van der Waals surface area (Å²) in [7, 11) is -3.23. The van der Waals surface area contributed by atoms with Gasteiger partial charge in [0.05, 0.1) is 5.75 Å². The van der Waals surface area contributed by atoms with Gasteiger partial charge in [-0.15, -0.1) is 0 Å². The van der Waals surface area contributed by atoms with E-state index in [9.17, 15) is 8.42 Å². The normalized spacial score (nSPS) is 14.2. The Morgan fingerprint density at radius 3 is 2.75 bits per heavy atom. The Balaban J connectivity index is 1.85. The number of hydrogen-bond donors (Lipinski definition) is 2. The molecule has 0 fully saturated rings. The standard InChI is InChI=1S/C15H24N2O2S/c1-2-9-16-10-4-11-20(18,19)17-15-8-7-13-5-3-6-14(13)12-15/h7-8,12,16-17H,2-6,9-11H2,1H3. The second-order valence-corrected chi connectivity index (χ2v) is 7.20. The van der Waals surface area contributed by atoms with Gasteiger partial charge < -0.3 is 5.32 Å². The lowest BCUT2D eigenvalue weighted by atomic mass is 10.1. The van der Waals surface area contributed by atoms with E-state index in [0.29, 0.717) is 12.1 Å². The number of rotatable bonds is 8. The highest BCUT2D eigenvalue weighted by atomic mass is 32.2. The van der Waals surface area contributed by atoms with Crippen LogP contribution in [0.2, 0.25) is 0 Å². The van der Waals surface area contributed by atoms with Crippen molar-refractivity contribution in [3.05, 3.63) is 29.3 Å². The van der Waals surface area contributed by atoms with Gasteiger partial charge in [0.1, 0.15) is 0 Å².